The number of para-hydroxylation sites is 1. The van der Waals surface area contributed by atoms with Crippen molar-refractivity contribution in [1.82, 2.24) is 4.90 Å². The summed E-state index contributed by atoms with van der Waals surface area (Å²) in [5.41, 5.74) is 2.24. The van der Waals surface area contributed by atoms with Gasteiger partial charge in [0.05, 0.1) is 6.54 Å². The number of hydrogen-bond acceptors (Lipinski definition) is 2. The Morgan fingerprint density at radius 1 is 1.32 bits per heavy atom. The Bertz CT molecular complexity index is 390. The van der Waals surface area contributed by atoms with Crippen LogP contribution in [0.3, 0.4) is 0 Å². The molecular formula is C14H19F3N2. The molecule has 0 aromatic heterocycles. The fraction of sp³-hybridized carbons (Fsp3) is 0.571. The predicted molar refractivity (Wildman–Crippen MR) is 70.3 cm³/mol. The second-order valence-electron chi connectivity index (χ2n) is 4.91. The van der Waals surface area contributed by atoms with Crippen LogP contribution in [0, 0.1) is 0 Å². The van der Waals surface area contributed by atoms with Gasteiger partial charge >= 0.3 is 6.18 Å². The smallest absolute Gasteiger partial charge is 0.383 e. The molecule has 0 spiro atoms. The van der Waals surface area contributed by atoms with Crippen LogP contribution in [0.5, 0.6) is 0 Å². The normalized spacial score (nSPS) is 19.7. The van der Waals surface area contributed by atoms with Crippen LogP contribution in [0.1, 0.15) is 18.9 Å². The molecule has 1 aliphatic heterocycles. The Kier molecular flexibility index (Phi) is 4.34. The molecule has 0 radical (unpaired) electrons. The van der Waals surface area contributed by atoms with Crippen molar-refractivity contribution in [2.24, 2.45) is 0 Å². The molecule has 2 nitrogen and oxygen atoms in total. The van der Waals surface area contributed by atoms with E-state index in [1.807, 2.05) is 24.3 Å². The van der Waals surface area contributed by atoms with Gasteiger partial charge in [0.15, 0.2) is 0 Å². The minimum Gasteiger partial charge on any atom is -0.383 e. The first-order valence-electron chi connectivity index (χ1n) is 6.62. The molecular weight excluding hydrogens is 253 g/mol. The molecule has 0 amide bonds. The number of halogens is 3. The first kappa shape index (κ1) is 14.2. The largest absolute Gasteiger partial charge is 0.401 e. The van der Waals surface area contributed by atoms with E-state index in [0.29, 0.717) is 13.1 Å². The summed E-state index contributed by atoms with van der Waals surface area (Å²) in [6.07, 6.45) is -2.55. The van der Waals surface area contributed by atoms with Gasteiger partial charge in [-0.15, -0.1) is 0 Å². The molecule has 1 heterocycles. The predicted octanol–water partition coefficient (Wildman–Crippen LogP) is 3.30. The third-order valence-electron chi connectivity index (χ3n) is 3.60. The molecule has 1 atom stereocenters. The Morgan fingerprint density at radius 2 is 2.05 bits per heavy atom. The first-order chi connectivity index (χ1) is 8.99. The molecule has 106 valence electrons. The van der Waals surface area contributed by atoms with E-state index in [0.717, 1.165) is 18.5 Å². The van der Waals surface area contributed by atoms with Crippen LogP contribution in [0.15, 0.2) is 24.3 Å². The van der Waals surface area contributed by atoms with Crippen molar-refractivity contribution in [2.75, 3.05) is 25.0 Å². The van der Waals surface area contributed by atoms with Crippen LogP contribution in [0.4, 0.5) is 18.9 Å². The number of fused-ring (bicyclic) bond motifs is 1. The maximum Gasteiger partial charge on any atom is 0.401 e. The van der Waals surface area contributed by atoms with Gasteiger partial charge in [0.25, 0.3) is 0 Å². The van der Waals surface area contributed by atoms with Gasteiger partial charge in [0.2, 0.25) is 0 Å². The van der Waals surface area contributed by atoms with Gasteiger partial charge in [-0.2, -0.15) is 13.2 Å². The standard InChI is InChI=1S/C14H19F3N2/c1-2-19(10-14(15,16)17)12-8-7-11-5-3-4-6-13(11)18-9-12/h3-6,12,18H,2,7-10H2,1H3. The van der Waals surface area contributed by atoms with Gasteiger partial charge in [-0.25, -0.2) is 0 Å². The third kappa shape index (κ3) is 3.86. The maximum absolute atomic E-state index is 12.6. The van der Waals surface area contributed by atoms with Crippen LogP contribution < -0.4 is 5.32 Å². The van der Waals surface area contributed by atoms with E-state index >= 15 is 0 Å². The molecule has 1 aromatic rings. The van der Waals surface area contributed by atoms with Gasteiger partial charge in [-0.3, -0.25) is 4.90 Å². The fourth-order valence-electron chi connectivity index (χ4n) is 2.60. The van der Waals surface area contributed by atoms with E-state index in [1.54, 1.807) is 6.92 Å². The van der Waals surface area contributed by atoms with Crippen molar-refractivity contribution in [3.05, 3.63) is 29.8 Å². The van der Waals surface area contributed by atoms with Gasteiger partial charge in [0.1, 0.15) is 0 Å². The van der Waals surface area contributed by atoms with Crippen molar-refractivity contribution in [2.45, 2.75) is 32.0 Å². The highest BCUT2D eigenvalue weighted by atomic mass is 19.4. The topological polar surface area (TPSA) is 15.3 Å². The number of anilines is 1. The summed E-state index contributed by atoms with van der Waals surface area (Å²) in [5.74, 6) is 0. The minimum atomic E-state index is -4.13. The zero-order valence-electron chi connectivity index (χ0n) is 11.0. The Hall–Kier alpha value is -1.23. The summed E-state index contributed by atoms with van der Waals surface area (Å²) >= 11 is 0. The van der Waals surface area contributed by atoms with Crippen LogP contribution in [0.25, 0.3) is 0 Å². The van der Waals surface area contributed by atoms with E-state index in [9.17, 15) is 13.2 Å². The fourth-order valence-corrected chi connectivity index (χ4v) is 2.60. The molecule has 1 aromatic carbocycles. The lowest BCUT2D eigenvalue weighted by molar-refractivity contribution is -0.150. The SMILES string of the molecule is CCN(CC(F)(F)F)C1CCc2ccccc2NC1. The second-order valence-corrected chi connectivity index (χ2v) is 4.91. The monoisotopic (exact) mass is 272 g/mol. The van der Waals surface area contributed by atoms with Crippen LogP contribution in [-0.2, 0) is 6.42 Å². The van der Waals surface area contributed by atoms with Crippen LogP contribution in [0.2, 0.25) is 0 Å². The molecule has 5 heteroatoms. The molecule has 0 fully saturated rings. The third-order valence-corrected chi connectivity index (χ3v) is 3.60. The van der Waals surface area contributed by atoms with Gasteiger partial charge in [-0.05, 0) is 31.0 Å². The van der Waals surface area contributed by atoms with Gasteiger partial charge < -0.3 is 5.32 Å². The summed E-state index contributed by atoms with van der Waals surface area (Å²) < 4.78 is 37.7. The van der Waals surface area contributed by atoms with Crippen molar-refractivity contribution >= 4 is 5.69 Å². The van der Waals surface area contributed by atoms with Crippen molar-refractivity contribution in [1.29, 1.82) is 0 Å². The molecule has 0 aliphatic carbocycles. The molecule has 0 bridgehead atoms. The maximum atomic E-state index is 12.6. The highest BCUT2D eigenvalue weighted by Gasteiger charge is 2.33. The average molecular weight is 272 g/mol. The molecule has 2 rings (SSSR count). The van der Waals surface area contributed by atoms with Crippen LogP contribution in [-0.4, -0.2) is 36.8 Å². The lowest BCUT2D eigenvalue weighted by atomic mass is 10.1. The molecule has 1 unspecified atom stereocenters. The minimum absolute atomic E-state index is 0.0703. The van der Waals surface area contributed by atoms with E-state index in [2.05, 4.69) is 5.32 Å². The number of benzene rings is 1. The summed E-state index contributed by atoms with van der Waals surface area (Å²) in [5, 5.41) is 3.27. The van der Waals surface area contributed by atoms with E-state index in [4.69, 9.17) is 0 Å². The quantitative estimate of drug-likeness (QED) is 0.908. The van der Waals surface area contributed by atoms with E-state index in [-0.39, 0.29) is 6.04 Å². The van der Waals surface area contributed by atoms with Gasteiger partial charge in [-0.1, -0.05) is 25.1 Å². The number of aryl methyl sites for hydroxylation is 1. The first-order valence-corrected chi connectivity index (χ1v) is 6.62. The van der Waals surface area contributed by atoms with Crippen LogP contribution >= 0.6 is 0 Å². The highest BCUT2D eigenvalue weighted by Crippen LogP contribution is 2.25. The zero-order valence-corrected chi connectivity index (χ0v) is 11.0. The highest BCUT2D eigenvalue weighted by molar-refractivity contribution is 5.52. The Labute approximate surface area is 111 Å². The van der Waals surface area contributed by atoms with Crippen molar-refractivity contribution in [3.8, 4) is 0 Å². The second kappa shape index (κ2) is 5.82. The Balaban J connectivity index is 2.04. The van der Waals surface area contributed by atoms with Gasteiger partial charge in [0, 0.05) is 18.3 Å². The molecule has 0 saturated carbocycles. The summed E-state index contributed by atoms with van der Waals surface area (Å²) in [6, 6.07) is 7.86. The summed E-state index contributed by atoms with van der Waals surface area (Å²) in [4.78, 5) is 1.51. The molecule has 1 N–H and O–H groups in total. The molecule has 1 aliphatic rings. The lowest BCUT2D eigenvalue weighted by Crippen LogP contribution is -2.44. The number of alkyl halides is 3. The summed E-state index contributed by atoms with van der Waals surface area (Å²) in [7, 11) is 0. The lowest BCUT2D eigenvalue weighted by Gasteiger charge is -2.30. The van der Waals surface area contributed by atoms with E-state index < -0.39 is 12.7 Å². The number of hydrogen-bond donors (Lipinski definition) is 1. The van der Waals surface area contributed by atoms with E-state index in [1.165, 1.54) is 10.5 Å². The van der Waals surface area contributed by atoms with Crippen molar-refractivity contribution in [3.63, 3.8) is 0 Å². The van der Waals surface area contributed by atoms with Crippen molar-refractivity contribution < 1.29 is 13.2 Å². The summed E-state index contributed by atoms with van der Waals surface area (Å²) in [6.45, 7) is 1.94. The average Bonchev–Trinajstić information content (AvgIpc) is 2.57. The number of nitrogens with zero attached hydrogens (tertiary/aromatic N) is 1. The zero-order chi connectivity index (χ0) is 13.9. The molecule has 19 heavy (non-hydrogen) atoms. The number of nitrogens with one attached hydrogen (secondary N) is 1. The molecule has 0 saturated heterocycles. The number of rotatable bonds is 3. The number of likely N-dealkylation sites (N-methyl/N-ethyl adjacent to an activating group) is 1. The Morgan fingerprint density at radius 3 is 2.74 bits per heavy atom.